The standard InChI is InChI=1S/C30H32FN5O2/c1-34-26-9-7-21(14-23(26)16-32-34)22-6-8-24(25(31)15-22)27-33-30(11-2-3-12-30)29(38)36(27)18-19-10-13-35(17-19)28(37)20-4-5-20/h6-9,14-16,19-20H,2-5,10-13,17-18H2,1H3. The molecule has 0 N–H and O–H groups in total. The summed E-state index contributed by atoms with van der Waals surface area (Å²) in [6.07, 6.45) is 8.01. The summed E-state index contributed by atoms with van der Waals surface area (Å²) in [4.78, 5) is 35.0. The Bertz CT molecular complexity index is 1480. The van der Waals surface area contributed by atoms with Gasteiger partial charge in [0.15, 0.2) is 0 Å². The van der Waals surface area contributed by atoms with E-state index in [0.717, 1.165) is 60.7 Å². The lowest BCUT2D eigenvalue weighted by molar-refractivity contribution is -0.131. The summed E-state index contributed by atoms with van der Waals surface area (Å²) in [6, 6.07) is 11.2. The minimum atomic E-state index is -0.756. The largest absolute Gasteiger partial charge is 0.342 e. The molecule has 0 bridgehead atoms. The summed E-state index contributed by atoms with van der Waals surface area (Å²) in [5, 5.41) is 5.30. The van der Waals surface area contributed by atoms with Gasteiger partial charge in [0.2, 0.25) is 5.91 Å². The Morgan fingerprint density at radius 3 is 2.61 bits per heavy atom. The number of carbonyl (C=O) groups excluding carboxylic acids is 2. The highest BCUT2D eigenvalue weighted by atomic mass is 19.1. The third-order valence-corrected chi connectivity index (χ3v) is 8.90. The number of fused-ring (bicyclic) bond motifs is 1. The van der Waals surface area contributed by atoms with Gasteiger partial charge in [-0.2, -0.15) is 5.10 Å². The van der Waals surface area contributed by atoms with Gasteiger partial charge in [-0.15, -0.1) is 0 Å². The van der Waals surface area contributed by atoms with Crippen molar-refractivity contribution in [3.05, 3.63) is 54.0 Å². The number of halogens is 1. The first kappa shape index (κ1) is 23.6. The number of nitrogens with zero attached hydrogens (tertiary/aromatic N) is 5. The molecule has 1 aromatic heterocycles. The molecule has 3 fully saturated rings. The summed E-state index contributed by atoms with van der Waals surface area (Å²) < 4.78 is 17.6. The number of hydrogen-bond donors (Lipinski definition) is 0. The van der Waals surface area contributed by atoms with Gasteiger partial charge in [-0.05, 0) is 73.4 Å². The zero-order valence-electron chi connectivity index (χ0n) is 21.7. The third-order valence-electron chi connectivity index (χ3n) is 8.90. The molecule has 38 heavy (non-hydrogen) atoms. The molecule has 2 aliphatic carbocycles. The van der Waals surface area contributed by atoms with Crippen molar-refractivity contribution in [2.45, 2.75) is 50.5 Å². The molecule has 4 aliphatic rings. The Kier molecular flexibility index (Phi) is 5.42. The highest BCUT2D eigenvalue weighted by molar-refractivity contribution is 6.15. The van der Waals surface area contributed by atoms with Gasteiger partial charge >= 0.3 is 0 Å². The van der Waals surface area contributed by atoms with E-state index in [9.17, 15) is 9.59 Å². The number of carbonyl (C=O) groups is 2. The average molecular weight is 514 g/mol. The average Bonchev–Trinajstić information content (AvgIpc) is 3.22. The number of aryl methyl sites for hydroxylation is 1. The second-order valence-electron chi connectivity index (χ2n) is 11.5. The van der Waals surface area contributed by atoms with Crippen LogP contribution in [0.3, 0.4) is 0 Å². The first-order chi connectivity index (χ1) is 18.4. The van der Waals surface area contributed by atoms with Crippen molar-refractivity contribution < 1.29 is 14.0 Å². The summed E-state index contributed by atoms with van der Waals surface area (Å²) in [6.45, 7) is 1.88. The lowest BCUT2D eigenvalue weighted by Gasteiger charge is -2.25. The van der Waals surface area contributed by atoms with Crippen LogP contribution in [0, 0.1) is 17.7 Å². The molecule has 2 saturated carbocycles. The van der Waals surface area contributed by atoms with E-state index in [1.165, 1.54) is 0 Å². The number of amides is 2. The fourth-order valence-corrected chi connectivity index (χ4v) is 6.57. The molecular weight excluding hydrogens is 481 g/mol. The molecule has 1 unspecified atom stereocenters. The Hall–Kier alpha value is -3.55. The number of likely N-dealkylation sites (tertiary alicyclic amines) is 1. The van der Waals surface area contributed by atoms with Gasteiger partial charge in [0, 0.05) is 38.0 Å². The monoisotopic (exact) mass is 513 g/mol. The predicted octanol–water partition coefficient (Wildman–Crippen LogP) is 4.54. The number of benzene rings is 2. The zero-order chi connectivity index (χ0) is 26.0. The molecule has 2 aliphatic heterocycles. The van der Waals surface area contributed by atoms with Crippen LogP contribution in [-0.2, 0) is 16.6 Å². The van der Waals surface area contributed by atoms with E-state index in [4.69, 9.17) is 4.99 Å². The molecule has 1 saturated heterocycles. The fourth-order valence-electron chi connectivity index (χ4n) is 6.57. The van der Waals surface area contributed by atoms with E-state index in [1.54, 1.807) is 17.0 Å². The van der Waals surface area contributed by atoms with Crippen LogP contribution in [0.4, 0.5) is 4.39 Å². The predicted molar refractivity (Wildman–Crippen MR) is 143 cm³/mol. The molecule has 2 aromatic carbocycles. The molecule has 8 heteroatoms. The van der Waals surface area contributed by atoms with Gasteiger partial charge in [-0.25, -0.2) is 4.39 Å². The van der Waals surface area contributed by atoms with E-state index in [1.807, 2.05) is 47.1 Å². The summed E-state index contributed by atoms with van der Waals surface area (Å²) in [5.41, 5.74) is 2.32. The number of amidine groups is 1. The lowest BCUT2D eigenvalue weighted by Crippen LogP contribution is -2.44. The van der Waals surface area contributed by atoms with E-state index >= 15 is 4.39 Å². The minimum Gasteiger partial charge on any atom is -0.342 e. The molecule has 3 heterocycles. The Labute approximate surface area is 221 Å². The third kappa shape index (κ3) is 3.84. The number of rotatable bonds is 5. The quantitative estimate of drug-likeness (QED) is 0.503. The van der Waals surface area contributed by atoms with Crippen LogP contribution < -0.4 is 0 Å². The van der Waals surface area contributed by atoms with E-state index < -0.39 is 5.54 Å². The van der Waals surface area contributed by atoms with Gasteiger partial charge < -0.3 is 4.90 Å². The maximum atomic E-state index is 15.8. The van der Waals surface area contributed by atoms with Crippen molar-refractivity contribution in [1.82, 2.24) is 19.6 Å². The van der Waals surface area contributed by atoms with E-state index in [0.29, 0.717) is 37.3 Å². The summed E-state index contributed by atoms with van der Waals surface area (Å²) >= 11 is 0. The van der Waals surface area contributed by atoms with Crippen molar-refractivity contribution in [3.63, 3.8) is 0 Å². The number of hydrogen-bond acceptors (Lipinski definition) is 4. The normalized spacial score (nSPS) is 22.7. The van der Waals surface area contributed by atoms with Crippen LogP contribution in [0.15, 0.2) is 47.6 Å². The maximum absolute atomic E-state index is 15.8. The highest BCUT2D eigenvalue weighted by Gasteiger charge is 2.51. The molecular formula is C30H32FN5O2. The van der Waals surface area contributed by atoms with Gasteiger partial charge in [-0.1, -0.05) is 25.0 Å². The van der Waals surface area contributed by atoms with Gasteiger partial charge in [0.1, 0.15) is 17.2 Å². The minimum absolute atomic E-state index is 0.00229. The van der Waals surface area contributed by atoms with Crippen molar-refractivity contribution >= 4 is 28.6 Å². The molecule has 3 aromatic rings. The fraction of sp³-hybridized carbons (Fsp3) is 0.467. The van der Waals surface area contributed by atoms with Crippen molar-refractivity contribution in [2.24, 2.45) is 23.9 Å². The SMILES string of the molecule is Cn1ncc2cc(-c3ccc(C4=NC5(CCCC5)C(=O)N4CC4CCN(C(=O)C5CC5)C4)c(F)c3)ccc21. The van der Waals surface area contributed by atoms with Gasteiger partial charge in [0.05, 0.1) is 17.3 Å². The van der Waals surface area contributed by atoms with Crippen LogP contribution in [-0.4, -0.2) is 62.4 Å². The molecule has 7 nitrogen and oxygen atoms in total. The van der Waals surface area contributed by atoms with Crippen LogP contribution in [0.25, 0.3) is 22.0 Å². The second kappa shape index (κ2) is 8.75. The molecule has 1 spiro atoms. The Morgan fingerprint density at radius 1 is 1.08 bits per heavy atom. The van der Waals surface area contributed by atoms with Crippen LogP contribution >= 0.6 is 0 Å². The molecule has 7 rings (SSSR count). The lowest BCUT2D eigenvalue weighted by atomic mass is 9.97. The molecule has 2 amide bonds. The van der Waals surface area contributed by atoms with E-state index in [2.05, 4.69) is 5.10 Å². The van der Waals surface area contributed by atoms with Gasteiger partial charge in [-0.3, -0.25) is 24.2 Å². The summed E-state index contributed by atoms with van der Waals surface area (Å²) in [7, 11) is 1.90. The Morgan fingerprint density at radius 2 is 1.84 bits per heavy atom. The molecule has 0 radical (unpaired) electrons. The van der Waals surface area contributed by atoms with Crippen LogP contribution in [0.1, 0.15) is 50.5 Å². The van der Waals surface area contributed by atoms with Crippen molar-refractivity contribution in [1.29, 1.82) is 0 Å². The highest BCUT2D eigenvalue weighted by Crippen LogP contribution is 2.41. The van der Waals surface area contributed by atoms with Crippen molar-refractivity contribution in [3.8, 4) is 11.1 Å². The first-order valence-corrected chi connectivity index (χ1v) is 13.8. The van der Waals surface area contributed by atoms with Crippen molar-refractivity contribution in [2.75, 3.05) is 19.6 Å². The van der Waals surface area contributed by atoms with Gasteiger partial charge in [0.25, 0.3) is 5.91 Å². The maximum Gasteiger partial charge on any atom is 0.256 e. The number of aliphatic imine (C=N–C) groups is 1. The first-order valence-electron chi connectivity index (χ1n) is 13.8. The summed E-state index contributed by atoms with van der Waals surface area (Å²) in [5.74, 6) is 0.715. The number of aromatic nitrogens is 2. The molecule has 1 atom stereocenters. The van der Waals surface area contributed by atoms with Crippen LogP contribution in [0.2, 0.25) is 0 Å². The second-order valence-corrected chi connectivity index (χ2v) is 11.5. The zero-order valence-corrected chi connectivity index (χ0v) is 21.7. The Balaban J connectivity index is 1.18. The van der Waals surface area contributed by atoms with Crippen LogP contribution in [0.5, 0.6) is 0 Å². The molecule has 196 valence electrons. The van der Waals surface area contributed by atoms with E-state index in [-0.39, 0.29) is 29.5 Å². The topological polar surface area (TPSA) is 70.8 Å². The smallest absolute Gasteiger partial charge is 0.256 e.